The van der Waals surface area contributed by atoms with Gasteiger partial charge in [-0.25, -0.2) is 4.39 Å². The number of anilines is 1. The fraction of sp³-hybridized carbons (Fsp3) is 0.556. The maximum absolute atomic E-state index is 13.4. The number of nitrogens with two attached hydrogens (primary N) is 1. The van der Waals surface area contributed by atoms with Gasteiger partial charge in [-0.05, 0) is 37.0 Å². The average molecular weight is 423 g/mol. The van der Waals surface area contributed by atoms with E-state index in [0.29, 0.717) is 6.54 Å². The normalized spacial score (nSPS) is 17.4. The van der Waals surface area contributed by atoms with Crippen LogP contribution in [-0.4, -0.2) is 43.5 Å². The second-order valence-electron chi connectivity index (χ2n) is 6.82. The molecule has 1 aliphatic heterocycles. The molecule has 27 heavy (non-hydrogen) atoms. The third-order valence-corrected chi connectivity index (χ3v) is 4.40. The van der Waals surface area contributed by atoms with Gasteiger partial charge in [0.25, 0.3) is 0 Å². The van der Waals surface area contributed by atoms with Gasteiger partial charge in [-0.15, -0.1) is 24.8 Å². The number of amides is 2. The van der Waals surface area contributed by atoms with Crippen LogP contribution in [0.3, 0.4) is 0 Å². The molecule has 154 valence electrons. The minimum atomic E-state index is -0.619. The van der Waals surface area contributed by atoms with Crippen molar-refractivity contribution in [2.24, 2.45) is 11.7 Å². The Labute approximate surface area is 172 Å². The van der Waals surface area contributed by atoms with Gasteiger partial charge in [0.05, 0.1) is 12.6 Å². The van der Waals surface area contributed by atoms with Gasteiger partial charge in [-0.1, -0.05) is 19.9 Å². The molecule has 0 aliphatic carbocycles. The molecule has 0 spiro atoms. The lowest BCUT2D eigenvalue weighted by atomic mass is 10.0. The highest BCUT2D eigenvalue weighted by atomic mass is 35.5. The average Bonchev–Trinajstić information content (AvgIpc) is 2.59. The number of benzene rings is 1. The monoisotopic (exact) mass is 422 g/mol. The molecule has 1 fully saturated rings. The fourth-order valence-corrected chi connectivity index (χ4v) is 2.87. The van der Waals surface area contributed by atoms with E-state index < -0.39 is 6.04 Å². The molecular weight excluding hydrogens is 394 g/mol. The first-order valence-electron chi connectivity index (χ1n) is 8.70. The zero-order valence-corrected chi connectivity index (χ0v) is 17.2. The number of carbonyl (C=O) groups excluding carboxylic acids is 2. The minimum absolute atomic E-state index is 0. The molecule has 9 heteroatoms. The van der Waals surface area contributed by atoms with E-state index >= 15 is 0 Å². The highest BCUT2D eigenvalue weighted by Crippen LogP contribution is 2.20. The summed E-state index contributed by atoms with van der Waals surface area (Å²) in [4.78, 5) is 25.9. The van der Waals surface area contributed by atoms with Crippen molar-refractivity contribution in [3.63, 3.8) is 0 Å². The summed E-state index contributed by atoms with van der Waals surface area (Å²) < 4.78 is 13.4. The van der Waals surface area contributed by atoms with Crippen molar-refractivity contribution in [3.05, 3.63) is 30.1 Å². The van der Waals surface area contributed by atoms with Crippen LogP contribution in [0.1, 0.15) is 26.7 Å². The van der Waals surface area contributed by atoms with Crippen LogP contribution < -0.4 is 21.3 Å². The Morgan fingerprint density at radius 3 is 2.67 bits per heavy atom. The van der Waals surface area contributed by atoms with Crippen molar-refractivity contribution in [1.29, 1.82) is 0 Å². The van der Waals surface area contributed by atoms with E-state index in [-0.39, 0.29) is 61.0 Å². The van der Waals surface area contributed by atoms with Gasteiger partial charge in [0.15, 0.2) is 0 Å². The molecule has 1 aromatic carbocycles. The Hall–Kier alpha value is -1.57. The molecule has 1 aliphatic rings. The van der Waals surface area contributed by atoms with E-state index in [2.05, 4.69) is 15.5 Å². The largest absolute Gasteiger partial charge is 0.369 e. The zero-order valence-electron chi connectivity index (χ0n) is 15.6. The van der Waals surface area contributed by atoms with Crippen molar-refractivity contribution in [3.8, 4) is 0 Å². The molecular formula is C18H29Cl2FN4O2. The van der Waals surface area contributed by atoms with Crippen LogP contribution in [0.25, 0.3) is 0 Å². The topological polar surface area (TPSA) is 87.5 Å². The van der Waals surface area contributed by atoms with Crippen molar-refractivity contribution in [2.45, 2.75) is 38.8 Å². The zero-order chi connectivity index (χ0) is 18.4. The molecule has 1 saturated heterocycles. The lowest BCUT2D eigenvalue weighted by Crippen LogP contribution is -2.52. The van der Waals surface area contributed by atoms with Gasteiger partial charge in [-0.2, -0.15) is 0 Å². The molecule has 2 atom stereocenters. The first-order valence-corrected chi connectivity index (χ1v) is 8.70. The van der Waals surface area contributed by atoms with Gasteiger partial charge in [0, 0.05) is 24.8 Å². The predicted octanol–water partition coefficient (Wildman–Crippen LogP) is 1.85. The van der Waals surface area contributed by atoms with Crippen molar-refractivity contribution in [1.82, 2.24) is 10.6 Å². The number of nitrogens with zero attached hydrogens (tertiary/aromatic N) is 1. The smallest absolute Gasteiger partial charge is 0.239 e. The summed E-state index contributed by atoms with van der Waals surface area (Å²) in [5.41, 5.74) is 6.56. The van der Waals surface area contributed by atoms with Gasteiger partial charge in [0.1, 0.15) is 5.82 Å². The van der Waals surface area contributed by atoms with E-state index in [1.807, 2.05) is 19.9 Å². The van der Waals surface area contributed by atoms with E-state index in [1.165, 1.54) is 12.1 Å². The number of halogens is 3. The standard InChI is InChI=1S/C18H27FN4O2.2ClH/c1-12(2)17(20)18(25)21-10-16(24)22-14-6-4-8-23(11-14)15-7-3-5-13(19)9-15;;/h3,5,7,9,12,14,17H,4,6,8,10-11,20H2,1-2H3,(H,21,25)(H,22,24);2*1H/t14?,17-;;/m0../s1. The summed E-state index contributed by atoms with van der Waals surface area (Å²) in [5, 5.41) is 5.49. The highest BCUT2D eigenvalue weighted by molar-refractivity contribution is 5.87. The lowest BCUT2D eigenvalue weighted by molar-refractivity contribution is -0.127. The molecule has 0 radical (unpaired) electrons. The highest BCUT2D eigenvalue weighted by Gasteiger charge is 2.23. The molecule has 2 rings (SSSR count). The third-order valence-electron chi connectivity index (χ3n) is 4.40. The van der Waals surface area contributed by atoms with Crippen molar-refractivity contribution < 1.29 is 14.0 Å². The second kappa shape index (κ2) is 12.0. The molecule has 4 N–H and O–H groups in total. The molecule has 1 heterocycles. The van der Waals surface area contributed by atoms with Gasteiger partial charge < -0.3 is 21.3 Å². The summed E-state index contributed by atoms with van der Waals surface area (Å²) in [6, 6.07) is 5.81. The Morgan fingerprint density at radius 2 is 2.04 bits per heavy atom. The third kappa shape index (κ3) is 7.91. The van der Waals surface area contributed by atoms with Crippen molar-refractivity contribution in [2.75, 3.05) is 24.5 Å². The summed E-state index contributed by atoms with van der Waals surface area (Å²) >= 11 is 0. The Bertz CT molecular complexity index is 619. The molecule has 1 aromatic rings. The lowest BCUT2D eigenvalue weighted by Gasteiger charge is -2.34. The summed E-state index contributed by atoms with van der Waals surface area (Å²) in [6.07, 6.45) is 1.77. The molecule has 0 saturated carbocycles. The van der Waals surface area contributed by atoms with Crippen LogP contribution in [0.15, 0.2) is 24.3 Å². The fourth-order valence-electron chi connectivity index (χ4n) is 2.87. The van der Waals surface area contributed by atoms with Crippen LogP contribution in [0, 0.1) is 11.7 Å². The first kappa shape index (κ1) is 25.4. The number of nitrogens with one attached hydrogen (secondary N) is 2. The Morgan fingerprint density at radius 1 is 1.33 bits per heavy atom. The quantitative estimate of drug-likeness (QED) is 0.652. The number of carbonyl (C=O) groups is 2. The summed E-state index contributed by atoms with van der Waals surface area (Å²) in [6.45, 7) is 5.07. The van der Waals surface area contributed by atoms with Crippen molar-refractivity contribution >= 4 is 42.3 Å². The molecule has 2 amide bonds. The van der Waals surface area contributed by atoms with E-state index in [1.54, 1.807) is 6.07 Å². The SMILES string of the molecule is CC(C)[C@H](N)C(=O)NCC(=O)NC1CCCN(c2cccc(F)c2)C1.Cl.Cl. The van der Waals surface area contributed by atoms with Crippen LogP contribution in [0.5, 0.6) is 0 Å². The van der Waals surface area contributed by atoms with E-state index in [4.69, 9.17) is 5.73 Å². The van der Waals surface area contributed by atoms with Crippen LogP contribution in [0.4, 0.5) is 10.1 Å². The minimum Gasteiger partial charge on any atom is -0.369 e. The summed E-state index contributed by atoms with van der Waals surface area (Å²) in [5.74, 6) is -0.820. The number of hydrogen-bond donors (Lipinski definition) is 3. The Balaban J connectivity index is 0.00000338. The van der Waals surface area contributed by atoms with Gasteiger partial charge >= 0.3 is 0 Å². The predicted molar refractivity (Wildman–Crippen MR) is 110 cm³/mol. The van der Waals surface area contributed by atoms with Gasteiger partial charge in [-0.3, -0.25) is 9.59 Å². The Kier molecular flexibility index (Phi) is 11.3. The molecule has 1 unspecified atom stereocenters. The van der Waals surface area contributed by atoms with E-state index in [9.17, 15) is 14.0 Å². The molecule has 6 nitrogen and oxygen atoms in total. The van der Waals surface area contributed by atoms with Crippen LogP contribution >= 0.6 is 24.8 Å². The first-order chi connectivity index (χ1) is 11.9. The maximum Gasteiger partial charge on any atom is 0.239 e. The molecule has 0 bridgehead atoms. The van der Waals surface area contributed by atoms with Crippen LogP contribution in [0.2, 0.25) is 0 Å². The molecule has 0 aromatic heterocycles. The number of piperidine rings is 1. The number of hydrogen-bond acceptors (Lipinski definition) is 4. The van der Waals surface area contributed by atoms with Gasteiger partial charge in [0.2, 0.25) is 11.8 Å². The second-order valence-corrected chi connectivity index (χ2v) is 6.82. The summed E-state index contributed by atoms with van der Waals surface area (Å²) in [7, 11) is 0. The number of rotatable bonds is 6. The maximum atomic E-state index is 13.4. The van der Waals surface area contributed by atoms with Crippen LogP contribution in [-0.2, 0) is 9.59 Å². The van der Waals surface area contributed by atoms with E-state index in [0.717, 1.165) is 25.1 Å².